The monoisotopic (exact) mass is 511 g/mol. The third-order valence-corrected chi connectivity index (χ3v) is 4.75. The first-order chi connectivity index (χ1) is 13.8. The van der Waals surface area contributed by atoms with E-state index in [4.69, 9.17) is 4.74 Å². The van der Waals surface area contributed by atoms with E-state index < -0.39 is 0 Å². The Labute approximate surface area is 189 Å². The fourth-order valence-corrected chi connectivity index (χ4v) is 3.15. The highest BCUT2D eigenvalue weighted by Gasteiger charge is 2.18. The van der Waals surface area contributed by atoms with Gasteiger partial charge in [-0.15, -0.1) is 24.0 Å². The van der Waals surface area contributed by atoms with E-state index in [0.29, 0.717) is 6.54 Å². The zero-order valence-electron chi connectivity index (χ0n) is 17.0. The molecule has 1 aliphatic rings. The van der Waals surface area contributed by atoms with Crippen molar-refractivity contribution in [1.29, 1.82) is 0 Å². The molecule has 1 aromatic carbocycles. The summed E-state index contributed by atoms with van der Waals surface area (Å²) >= 11 is 0. The number of halogens is 1. The van der Waals surface area contributed by atoms with E-state index in [1.54, 1.807) is 26.6 Å². The standard InChI is InChI=1S/C20H29N7O.HI/c1-21-19(25-16-17-5-3-6-18(15-17)28-2)22-9-10-26-11-13-27(14-12-26)20-23-7-4-8-24-20;/h3-8,15H,9-14,16H2,1-2H3,(H2,21,22,25);1H. The Morgan fingerprint density at radius 3 is 2.55 bits per heavy atom. The van der Waals surface area contributed by atoms with Crippen LogP contribution in [-0.4, -0.2) is 74.3 Å². The number of guanidine groups is 1. The molecule has 1 aromatic heterocycles. The first-order valence-corrected chi connectivity index (χ1v) is 9.60. The number of hydrogen-bond donors (Lipinski definition) is 2. The third kappa shape index (κ3) is 7.32. The van der Waals surface area contributed by atoms with Crippen LogP contribution in [0.1, 0.15) is 5.56 Å². The van der Waals surface area contributed by atoms with Gasteiger partial charge in [0.1, 0.15) is 5.75 Å². The third-order valence-electron chi connectivity index (χ3n) is 4.75. The summed E-state index contributed by atoms with van der Waals surface area (Å²) in [6, 6.07) is 9.88. The van der Waals surface area contributed by atoms with Crippen LogP contribution in [0.25, 0.3) is 0 Å². The molecule has 0 aliphatic carbocycles. The number of methoxy groups -OCH3 is 1. The zero-order valence-corrected chi connectivity index (χ0v) is 19.4. The van der Waals surface area contributed by atoms with Crippen LogP contribution < -0.4 is 20.3 Å². The van der Waals surface area contributed by atoms with E-state index in [0.717, 1.165) is 62.5 Å². The van der Waals surface area contributed by atoms with E-state index in [1.807, 2.05) is 24.3 Å². The first kappa shape index (κ1) is 23.1. The molecule has 0 saturated carbocycles. The Hall–Kier alpha value is -2.14. The molecule has 9 heteroatoms. The summed E-state index contributed by atoms with van der Waals surface area (Å²) in [6.07, 6.45) is 3.59. The maximum Gasteiger partial charge on any atom is 0.225 e. The van der Waals surface area contributed by atoms with E-state index >= 15 is 0 Å². The zero-order chi connectivity index (χ0) is 19.6. The Morgan fingerprint density at radius 1 is 1.10 bits per heavy atom. The predicted molar refractivity (Wildman–Crippen MR) is 127 cm³/mol. The molecule has 0 radical (unpaired) electrons. The molecule has 1 aliphatic heterocycles. The Kier molecular flexibility index (Phi) is 9.92. The summed E-state index contributed by atoms with van der Waals surface area (Å²) in [7, 11) is 3.47. The smallest absolute Gasteiger partial charge is 0.225 e. The van der Waals surface area contributed by atoms with Gasteiger partial charge in [0.25, 0.3) is 0 Å². The second-order valence-corrected chi connectivity index (χ2v) is 6.58. The van der Waals surface area contributed by atoms with Gasteiger partial charge in [-0.1, -0.05) is 12.1 Å². The molecule has 0 amide bonds. The number of ether oxygens (including phenoxy) is 1. The lowest BCUT2D eigenvalue weighted by Gasteiger charge is -2.34. The summed E-state index contributed by atoms with van der Waals surface area (Å²) < 4.78 is 5.27. The van der Waals surface area contributed by atoms with Crippen molar-refractivity contribution in [3.63, 3.8) is 0 Å². The number of aromatic nitrogens is 2. The molecule has 1 saturated heterocycles. The van der Waals surface area contributed by atoms with E-state index in [-0.39, 0.29) is 24.0 Å². The van der Waals surface area contributed by atoms with Crippen LogP contribution in [0.15, 0.2) is 47.7 Å². The quantitative estimate of drug-likeness (QED) is 0.332. The fourth-order valence-electron chi connectivity index (χ4n) is 3.15. The lowest BCUT2D eigenvalue weighted by Crippen LogP contribution is -2.49. The number of hydrogen-bond acceptors (Lipinski definition) is 6. The summed E-state index contributed by atoms with van der Waals surface area (Å²) in [5, 5.41) is 6.73. The molecule has 2 aromatic rings. The minimum atomic E-state index is 0. The van der Waals surface area contributed by atoms with Crippen LogP contribution in [0.2, 0.25) is 0 Å². The van der Waals surface area contributed by atoms with Gasteiger partial charge in [-0.2, -0.15) is 0 Å². The summed E-state index contributed by atoms with van der Waals surface area (Å²) in [4.78, 5) is 17.6. The largest absolute Gasteiger partial charge is 0.497 e. The maximum atomic E-state index is 5.27. The van der Waals surface area contributed by atoms with Crippen molar-refractivity contribution < 1.29 is 4.74 Å². The minimum Gasteiger partial charge on any atom is -0.497 e. The molecular weight excluding hydrogens is 481 g/mol. The van der Waals surface area contributed by atoms with Crippen molar-refractivity contribution in [2.24, 2.45) is 4.99 Å². The topological polar surface area (TPSA) is 77.9 Å². The van der Waals surface area contributed by atoms with Gasteiger partial charge >= 0.3 is 0 Å². The van der Waals surface area contributed by atoms with E-state index in [1.165, 1.54) is 0 Å². The average Bonchev–Trinajstić information content (AvgIpc) is 2.77. The summed E-state index contributed by atoms with van der Waals surface area (Å²) in [5.74, 6) is 2.49. The molecule has 29 heavy (non-hydrogen) atoms. The van der Waals surface area contributed by atoms with Crippen molar-refractivity contribution in [3.8, 4) is 5.75 Å². The van der Waals surface area contributed by atoms with Crippen molar-refractivity contribution >= 4 is 35.9 Å². The first-order valence-electron chi connectivity index (χ1n) is 9.60. The van der Waals surface area contributed by atoms with Gasteiger partial charge in [-0.3, -0.25) is 9.89 Å². The lowest BCUT2D eigenvalue weighted by molar-refractivity contribution is 0.260. The van der Waals surface area contributed by atoms with Gasteiger partial charge in [-0.05, 0) is 23.8 Å². The van der Waals surface area contributed by atoms with Gasteiger partial charge < -0.3 is 20.3 Å². The number of piperazine rings is 1. The van der Waals surface area contributed by atoms with Crippen LogP contribution >= 0.6 is 24.0 Å². The van der Waals surface area contributed by atoms with Crippen LogP contribution in [-0.2, 0) is 6.54 Å². The predicted octanol–water partition coefficient (Wildman–Crippen LogP) is 1.59. The van der Waals surface area contributed by atoms with Crippen molar-refractivity contribution in [2.45, 2.75) is 6.54 Å². The van der Waals surface area contributed by atoms with Gasteiger partial charge in [0.05, 0.1) is 7.11 Å². The van der Waals surface area contributed by atoms with Gasteiger partial charge in [-0.25, -0.2) is 9.97 Å². The van der Waals surface area contributed by atoms with E-state index in [9.17, 15) is 0 Å². The SMILES string of the molecule is CN=C(NCCN1CCN(c2ncccn2)CC1)NCc1cccc(OC)c1.I. The molecule has 0 bridgehead atoms. The Morgan fingerprint density at radius 2 is 1.86 bits per heavy atom. The molecule has 0 atom stereocenters. The second kappa shape index (κ2) is 12.4. The number of rotatable bonds is 7. The highest BCUT2D eigenvalue weighted by molar-refractivity contribution is 14.0. The molecule has 8 nitrogen and oxygen atoms in total. The van der Waals surface area contributed by atoms with E-state index in [2.05, 4.69) is 41.5 Å². The molecular formula is C20H30IN7O. The van der Waals surface area contributed by atoms with Crippen molar-refractivity contribution in [1.82, 2.24) is 25.5 Å². The molecule has 3 rings (SSSR count). The molecule has 0 unspecified atom stereocenters. The number of benzene rings is 1. The number of aliphatic imine (C=N–C) groups is 1. The van der Waals surface area contributed by atoms with Gasteiger partial charge in [0.15, 0.2) is 5.96 Å². The van der Waals surface area contributed by atoms with Gasteiger partial charge in [0.2, 0.25) is 5.95 Å². The molecule has 2 heterocycles. The second-order valence-electron chi connectivity index (χ2n) is 6.58. The lowest BCUT2D eigenvalue weighted by atomic mass is 10.2. The molecule has 2 N–H and O–H groups in total. The van der Waals surface area contributed by atoms with Gasteiger partial charge in [0, 0.05) is 65.3 Å². The highest BCUT2D eigenvalue weighted by atomic mass is 127. The maximum absolute atomic E-state index is 5.27. The fraction of sp³-hybridized carbons (Fsp3) is 0.450. The Balaban J connectivity index is 0.00000300. The van der Waals surface area contributed by atoms with Crippen LogP contribution in [0.5, 0.6) is 5.75 Å². The normalized spacial score (nSPS) is 14.8. The van der Waals surface area contributed by atoms with Crippen LogP contribution in [0, 0.1) is 0 Å². The van der Waals surface area contributed by atoms with Crippen molar-refractivity contribution in [2.75, 3.05) is 58.3 Å². The molecule has 0 spiro atoms. The number of anilines is 1. The molecule has 158 valence electrons. The molecule has 1 fully saturated rings. The highest BCUT2D eigenvalue weighted by Crippen LogP contribution is 2.12. The summed E-state index contributed by atoms with van der Waals surface area (Å²) in [6.45, 7) is 6.45. The van der Waals surface area contributed by atoms with Crippen molar-refractivity contribution in [3.05, 3.63) is 48.3 Å². The average molecular weight is 511 g/mol. The van der Waals surface area contributed by atoms with Crippen LogP contribution in [0.4, 0.5) is 5.95 Å². The Bertz CT molecular complexity index is 752. The summed E-state index contributed by atoms with van der Waals surface area (Å²) in [5.41, 5.74) is 1.15. The van der Waals surface area contributed by atoms with Crippen LogP contribution in [0.3, 0.4) is 0 Å². The number of nitrogens with one attached hydrogen (secondary N) is 2. The minimum absolute atomic E-state index is 0. The number of nitrogens with zero attached hydrogens (tertiary/aromatic N) is 5.